The summed E-state index contributed by atoms with van der Waals surface area (Å²) in [5.41, 5.74) is 0.490. The summed E-state index contributed by atoms with van der Waals surface area (Å²) < 4.78 is 63.8. The highest BCUT2D eigenvalue weighted by atomic mass is 19.3. The van der Waals surface area contributed by atoms with Gasteiger partial charge in [0.15, 0.2) is 0 Å². The third-order valence-electron chi connectivity index (χ3n) is 3.64. The number of carbonyl (C=O) groups is 1. The summed E-state index contributed by atoms with van der Waals surface area (Å²) >= 11 is 0. The molecule has 0 fully saturated rings. The van der Waals surface area contributed by atoms with Gasteiger partial charge in [-0.25, -0.2) is 0 Å². The number of ether oxygens (including phenoxy) is 3. The van der Waals surface area contributed by atoms with E-state index < -0.39 is 24.9 Å². The summed E-state index contributed by atoms with van der Waals surface area (Å²) in [5, 5.41) is 11.1. The first-order valence-corrected chi connectivity index (χ1v) is 9.00. The van der Waals surface area contributed by atoms with E-state index >= 15 is 0 Å². The highest BCUT2D eigenvalue weighted by Gasteiger charge is 2.12. The Labute approximate surface area is 175 Å². The summed E-state index contributed by atoms with van der Waals surface area (Å²) in [6, 6.07) is 11.8. The van der Waals surface area contributed by atoms with Crippen LogP contribution < -0.4 is 19.5 Å². The Kier molecular flexibility index (Phi) is 9.16. The number of hydrogen-bond acceptors (Lipinski definition) is 5. The van der Waals surface area contributed by atoms with Crippen LogP contribution in [0.15, 0.2) is 48.5 Å². The third-order valence-corrected chi connectivity index (χ3v) is 3.64. The molecule has 164 valence electrons. The molecule has 1 amide bonds. The Morgan fingerprint density at radius 1 is 1.06 bits per heavy atom. The maximum atomic E-state index is 12.6. The molecule has 1 N–H and O–H groups in total. The average molecular weight is 438 g/mol. The Balaban J connectivity index is 2.04. The van der Waals surface area contributed by atoms with Crippen molar-refractivity contribution in [3.63, 3.8) is 0 Å². The van der Waals surface area contributed by atoms with E-state index in [1.165, 1.54) is 12.1 Å². The van der Waals surface area contributed by atoms with E-state index in [1.54, 1.807) is 24.3 Å². The Morgan fingerprint density at radius 2 is 1.84 bits per heavy atom. The molecule has 0 aliphatic carbocycles. The number of amides is 1. The normalized spacial score (nSPS) is 10.9. The van der Waals surface area contributed by atoms with Gasteiger partial charge in [0.25, 0.3) is 0 Å². The van der Waals surface area contributed by atoms with Crippen LogP contribution in [0, 0.1) is 11.3 Å². The fraction of sp³-hybridized carbons (Fsp3) is 0.238. The Morgan fingerprint density at radius 3 is 2.55 bits per heavy atom. The fourth-order valence-electron chi connectivity index (χ4n) is 2.38. The summed E-state index contributed by atoms with van der Waals surface area (Å²) in [4.78, 5) is 12.2. The molecule has 31 heavy (non-hydrogen) atoms. The number of alkyl halides is 4. The minimum absolute atomic E-state index is 0.0617. The molecule has 0 bridgehead atoms. The number of halogens is 4. The summed E-state index contributed by atoms with van der Waals surface area (Å²) in [7, 11) is 0. The van der Waals surface area contributed by atoms with Crippen molar-refractivity contribution in [3.8, 4) is 23.3 Å². The van der Waals surface area contributed by atoms with Crippen LogP contribution >= 0.6 is 0 Å². The van der Waals surface area contributed by atoms with Gasteiger partial charge in [-0.3, -0.25) is 4.79 Å². The van der Waals surface area contributed by atoms with Gasteiger partial charge in [0.1, 0.15) is 17.2 Å². The molecule has 0 radical (unpaired) electrons. The highest BCUT2D eigenvalue weighted by Crippen LogP contribution is 2.28. The number of carbonyl (C=O) groups excluding carboxylic acids is 1. The zero-order valence-corrected chi connectivity index (χ0v) is 16.1. The minimum Gasteiger partial charge on any atom is -0.493 e. The first-order valence-electron chi connectivity index (χ1n) is 9.00. The van der Waals surface area contributed by atoms with E-state index in [0.717, 1.165) is 18.2 Å². The van der Waals surface area contributed by atoms with E-state index in [2.05, 4.69) is 14.8 Å². The molecule has 0 aliphatic rings. The summed E-state index contributed by atoms with van der Waals surface area (Å²) in [5.74, 6) is -0.858. The van der Waals surface area contributed by atoms with E-state index in [-0.39, 0.29) is 11.3 Å². The second kappa shape index (κ2) is 12.1. The van der Waals surface area contributed by atoms with Gasteiger partial charge in [-0.05, 0) is 36.8 Å². The van der Waals surface area contributed by atoms with Crippen LogP contribution in [0.1, 0.15) is 18.4 Å². The fourth-order valence-corrected chi connectivity index (χ4v) is 2.38. The van der Waals surface area contributed by atoms with Gasteiger partial charge < -0.3 is 19.5 Å². The number of nitrogens with zero attached hydrogens (tertiary/aromatic N) is 1. The molecule has 2 aromatic carbocycles. The van der Waals surface area contributed by atoms with Crippen LogP contribution in [0.3, 0.4) is 0 Å². The first-order chi connectivity index (χ1) is 14.9. The van der Waals surface area contributed by atoms with Crippen LogP contribution in [-0.2, 0) is 4.79 Å². The third kappa shape index (κ3) is 8.65. The van der Waals surface area contributed by atoms with Crippen molar-refractivity contribution in [3.05, 3.63) is 54.1 Å². The van der Waals surface area contributed by atoms with E-state index in [1.807, 2.05) is 6.07 Å². The van der Waals surface area contributed by atoms with Gasteiger partial charge in [0, 0.05) is 35.9 Å². The number of unbranched alkanes of at least 4 members (excludes halogenated alkanes) is 1. The zero-order valence-electron chi connectivity index (χ0n) is 16.1. The molecule has 0 spiro atoms. The lowest BCUT2D eigenvalue weighted by atomic mass is 10.1. The first kappa shape index (κ1) is 23.5. The summed E-state index contributed by atoms with van der Waals surface area (Å²) in [6.07, 6.45) is 3.21. The molecule has 0 heterocycles. The molecule has 0 aliphatic heterocycles. The predicted molar refractivity (Wildman–Crippen MR) is 104 cm³/mol. The number of benzene rings is 2. The maximum absolute atomic E-state index is 12.6. The minimum atomic E-state index is -3.20. The lowest BCUT2D eigenvalue weighted by Gasteiger charge is -2.11. The highest BCUT2D eigenvalue weighted by molar-refractivity contribution is 6.02. The van der Waals surface area contributed by atoms with E-state index in [4.69, 9.17) is 10.00 Å². The zero-order chi connectivity index (χ0) is 22.6. The molecule has 2 rings (SSSR count). The number of rotatable bonds is 11. The van der Waals surface area contributed by atoms with E-state index in [9.17, 15) is 22.4 Å². The summed E-state index contributed by atoms with van der Waals surface area (Å²) in [6.45, 7) is -5.97. The molecule has 6 nitrogen and oxygen atoms in total. The second-order valence-corrected chi connectivity index (χ2v) is 5.92. The average Bonchev–Trinajstić information content (AvgIpc) is 2.70. The van der Waals surface area contributed by atoms with Gasteiger partial charge in [-0.15, -0.1) is 0 Å². The monoisotopic (exact) mass is 438 g/mol. The molecular formula is C21H18F4N2O4. The standard InChI is InChI=1S/C21H18F4N2O4/c22-20(23)30-17-8-6-14(18(13-17)31-21(24)25)7-9-19(28)27-15-4-3-5-16(12-15)29-11-2-1-10-26/h3-9,12-13,20-21H,1-2,11H2,(H,27,28). The molecule has 0 unspecified atom stereocenters. The molecule has 10 heteroatoms. The maximum Gasteiger partial charge on any atom is 0.387 e. The van der Waals surface area contributed by atoms with Crippen LogP contribution in [-0.4, -0.2) is 25.7 Å². The number of anilines is 1. The van der Waals surface area contributed by atoms with Crippen LogP contribution in [0.5, 0.6) is 17.2 Å². The number of nitrogens with one attached hydrogen (secondary N) is 1. The Hall–Kier alpha value is -3.74. The SMILES string of the molecule is N#CCCCOc1cccc(NC(=O)C=Cc2ccc(OC(F)F)cc2OC(F)F)c1. The van der Waals surface area contributed by atoms with Crippen molar-refractivity contribution in [2.75, 3.05) is 11.9 Å². The molecule has 0 atom stereocenters. The van der Waals surface area contributed by atoms with Crippen molar-refractivity contribution >= 4 is 17.7 Å². The van der Waals surface area contributed by atoms with Crippen molar-refractivity contribution in [1.82, 2.24) is 0 Å². The largest absolute Gasteiger partial charge is 0.493 e. The molecule has 0 aromatic heterocycles. The second-order valence-electron chi connectivity index (χ2n) is 5.92. The lowest BCUT2D eigenvalue weighted by molar-refractivity contribution is -0.111. The number of nitriles is 1. The molecular weight excluding hydrogens is 420 g/mol. The van der Waals surface area contributed by atoms with Crippen molar-refractivity contribution < 1.29 is 36.6 Å². The van der Waals surface area contributed by atoms with Gasteiger partial charge >= 0.3 is 13.2 Å². The van der Waals surface area contributed by atoms with Crippen molar-refractivity contribution in [2.45, 2.75) is 26.1 Å². The van der Waals surface area contributed by atoms with Crippen LogP contribution in [0.2, 0.25) is 0 Å². The van der Waals surface area contributed by atoms with Gasteiger partial charge in [-0.2, -0.15) is 22.8 Å². The Bertz CT molecular complexity index is 945. The van der Waals surface area contributed by atoms with Gasteiger partial charge in [-0.1, -0.05) is 6.07 Å². The van der Waals surface area contributed by atoms with E-state index in [0.29, 0.717) is 30.9 Å². The topological polar surface area (TPSA) is 80.6 Å². The molecule has 0 saturated carbocycles. The van der Waals surface area contributed by atoms with Gasteiger partial charge in [0.05, 0.1) is 12.7 Å². The predicted octanol–water partition coefficient (Wildman–Crippen LogP) is 5.22. The van der Waals surface area contributed by atoms with Crippen LogP contribution in [0.25, 0.3) is 6.08 Å². The number of hydrogen-bond donors (Lipinski definition) is 1. The van der Waals surface area contributed by atoms with Crippen molar-refractivity contribution in [1.29, 1.82) is 5.26 Å². The van der Waals surface area contributed by atoms with Crippen LogP contribution in [0.4, 0.5) is 23.2 Å². The molecule has 0 saturated heterocycles. The lowest BCUT2D eigenvalue weighted by Crippen LogP contribution is -2.08. The van der Waals surface area contributed by atoms with Crippen molar-refractivity contribution in [2.24, 2.45) is 0 Å². The molecule has 2 aromatic rings. The smallest absolute Gasteiger partial charge is 0.387 e. The quantitative estimate of drug-likeness (QED) is 0.295. The van der Waals surface area contributed by atoms with Gasteiger partial charge in [0.2, 0.25) is 5.91 Å².